The number of benzene rings is 1. The third kappa shape index (κ3) is 5.39. The molecule has 4 nitrogen and oxygen atoms in total. The fraction of sp³-hybridized carbons (Fsp3) is 0.478. The van der Waals surface area contributed by atoms with Gasteiger partial charge in [-0.2, -0.15) is 13.2 Å². The van der Waals surface area contributed by atoms with Crippen LogP contribution < -0.4 is 4.90 Å². The number of pyridine rings is 1. The standard InChI is InChI=1S/C23H28F3N3O/c1-16(2)14-18-4-6-19(7-5-18)22(30)17(3)28-10-12-29(13-11-28)21-9-8-20(15-27-21)23(24,25)26/h4-9,15-17H,10-14H2,1-3H3/t17-/m0/s1. The number of alkyl halides is 3. The Balaban J connectivity index is 1.57. The number of anilines is 1. The number of ketones is 1. The van der Waals surface area contributed by atoms with Crippen molar-refractivity contribution in [2.24, 2.45) is 5.92 Å². The summed E-state index contributed by atoms with van der Waals surface area (Å²) >= 11 is 0. The molecule has 0 radical (unpaired) electrons. The molecule has 1 aromatic heterocycles. The summed E-state index contributed by atoms with van der Waals surface area (Å²) in [7, 11) is 0. The smallest absolute Gasteiger partial charge is 0.354 e. The minimum atomic E-state index is -4.38. The molecular weight excluding hydrogens is 391 g/mol. The first-order valence-corrected chi connectivity index (χ1v) is 10.3. The van der Waals surface area contributed by atoms with Crippen LogP contribution in [0.25, 0.3) is 0 Å². The lowest BCUT2D eigenvalue weighted by molar-refractivity contribution is -0.137. The van der Waals surface area contributed by atoms with Gasteiger partial charge in [0.2, 0.25) is 0 Å². The molecule has 0 saturated carbocycles. The lowest BCUT2D eigenvalue weighted by Gasteiger charge is -2.38. The number of nitrogens with zero attached hydrogens (tertiary/aromatic N) is 3. The Hall–Kier alpha value is -2.41. The van der Waals surface area contributed by atoms with Gasteiger partial charge in [0.1, 0.15) is 5.82 Å². The van der Waals surface area contributed by atoms with Gasteiger partial charge in [0.25, 0.3) is 0 Å². The van der Waals surface area contributed by atoms with E-state index in [0.29, 0.717) is 43.5 Å². The normalized spacial score (nSPS) is 16.7. The monoisotopic (exact) mass is 419 g/mol. The summed E-state index contributed by atoms with van der Waals surface area (Å²) in [5, 5.41) is 0. The van der Waals surface area contributed by atoms with Crippen molar-refractivity contribution in [3.05, 3.63) is 59.3 Å². The first-order chi connectivity index (χ1) is 14.1. The van der Waals surface area contributed by atoms with Crippen LogP contribution in [0.1, 0.15) is 42.3 Å². The van der Waals surface area contributed by atoms with Crippen molar-refractivity contribution < 1.29 is 18.0 Å². The summed E-state index contributed by atoms with van der Waals surface area (Å²) in [6.45, 7) is 8.78. The number of aromatic nitrogens is 1. The summed E-state index contributed by atoms with van der Waals surface area (Å²) in [6.07, 6.45) is -2.52. The Labute approximate surface area is 175 Å². The predicted octanol–water partition coefficient (Wildman–Crippen LogP) is 4.69. The first kappa shape index (κ1) is 22.3. The molecule has 0 aliphatic carbocycles. The minimum Gasteiger partial charge on any atom is -0.354 e. The molecule has 2 aromatic rings. The summed E-state index contributed by atoms with van der Waals surface area (Å²) in [6, 6.07) is 10.1. The predicted molar refractivity (Wildman–Crippen MR) is 112 cm³/mol. The second-order valence-corrected chi connectivity index (χ2v) is 8.26. The Morgan fingerprint density at radius 2 is 1.63 bits per heavy atom. The number of rotatable bonds is 6. The van der Waals surface area contributed by atoms with E-state index in [9.17, 15) is 18.0 Å². The van der Waals surface area contributed by atoms with Gasteiger partial charge in [0.15, 0.2) is 5.78 Å². The molecule has 1 aliphatic heterocycles. The van der Waals surface area contributed by atoms with Crippen LogP contribution in [0.3, 0.4) is 0 Å². The quantitative estimate of drug-likeness (QED) is 0.637. The van der Waals surface area contributed by atoms with Crippen LogP contribution in [0.2, 0.25) is 0 Å². The molecule has 2 heterocycles. The molecule has 7 heteroatoms. The van der Waals surface area contributed by atoms with Gasteiger partial charge < -0.3 is 4.90 Å². The van der Waals surface area contributed by atoms with E-state index < -0.39 is 11.7 Å². The summed E-state index contributed by atoms with van der Waals surface area (Å²) in [4.78, 5) is 20.9. The van der Waals surface area contributed by atoms with E-state index >= 15 is 0 Å². The third-order valence-electron chi connectivity index (χ3n) is 5.52. The Kier molecular flexibility index (Phi) is 6.81. The average Bonchev–Trinajstić information content (AvgIpc) is 2.72. The van der Waals surface area contributed by atoms with E-state index in [-0.39, 0.29) is 11.8 Å². The van der Waals surface area contributed by atoms with Crippen LogP contribution in [-0.2, 0) is 12.6 Å². The molecule has 1 aliphatic rings. The van der Waals surface area contributed by atoms with Crippen molar-refractivity contribution in [3.8, 4) is 0 Å². The van der Waals surface area contributed by atoms with Crippen LogP contribution in [0.4, 0.5) is 19.0 Å². The largest absolute Gasteiger partial charge is 0.417 e. The van der Waals surface area contributed by atoms with E-state index in [0.717, 1.165) is 18.7 Å². The van der Waals surface area contributed by atoms with E-state index in [2.05, 4.69) is 23.7 Å². The maximum absolute atomic E-state index is 12.9. The number of piperazine rings is 1. The highest BCUT2D eigenvalue weighted by Gasteiger charge is 2.31. The molecule has 1 aromatic carbocycles. The lowest BCUT2D eigenvalue weighted by Crippen LogP contribution is -2.52. The van der Waals surface area contributed by atoms with E-state index in [4.69, 9.17) is 0 Å². The number of Topliss-reactive ketones (excluding diaryl/α,β-unsaturated/α-hetero) is 1. The fourth-order valence-corrected chi connectivity index (χ4v) is 3.76. The minimum absolute atomic E-state index is 0.0900. The molecule has 0 bridgehead atoms. The molecule has 0 N–H and O–H groups in total. The van der Waals surface area contributed by atoms with Crippen LogP contribution in [0.5, 0.6) is 0 Å². The zero-order valence-corrected chi connectivity index (χ0v) is 17.6. The van der Waals surface area contributed by atoms with Gasteiger partial charge >= 0.3 is 6.18 Å². The number of hydrogen-bond donors (Lipinski definition) is 0. The van der Waals surface area contributed by atoms with E-state index in [1.54, 1.807) is 0 Å². The fourth-order valence-electron chi connectivity index (χ4n) is 3.76. The van der Waals surface area contributed by atoms with Crippen molar-refractivity contribution in [2.75, 3.05) is 31.1 Å². The summed E-state index contributed by atoms with van der Waals surface area (Å²) < 4.78 is 38.1. The van der Waals surface area contributed by atoms with Crippen LogP contribution in [-0.4, -0.2) is 47.9 Å². The van der Waals surface area contributed by atoms with Crippen molar-refractivity contribution in [1.29, 1.82) is 0 Å². The van der Waals surface area contributed by atoms with Gasteiger partial charge in [-0.1, -0.05) is 38.1 Å². The zero-order valence-electron chi connectivity index (χ0n) is 17.6. The Bertz CT molecular complexity index is 839. The van der Waals surface area contributed by atoms with E-state index in [1.807, 2.05) is 36.1 Å². The van der Waals surface area contributed by atoms with Crippen molar-refractivity contribution >= 4 is 11.6 Å². The number of carbonyl (C=O) groups is 1. The van der Waals surface area contributed by atoms with Gasteiger partial charge in [-0.15, -0.1) is 0 Å². The second-order valence-electron chi connectivity index (χ2n) is 8.26. The highest BCUT2D eigenvalue weighted by molar-refractivity contribution is 5.99. The molecule has 1 fully saturated rings. The maximum Gasteiger partial charge on any atom is 0.417 e. The SMILES string of the molecule is CC(C)Cc1ccc(C(=O)[C@H](C)N2CCN(c3ccc(C(F)(F)F)cn3)CC2)cc1. The molecule has 3 rings (SSSR count). The summed E-state index contributed by atoms with van der Waals surface area (Å²) in [5.74, 6) is 1.19. The Morgan fingerprint density at radius 3 is 2.13 bits per heavy atom. The van der Waals surface area contributed by atoms with E-state index in [1.165, 1.54) is 11.6 Å². The number of halogens is 3. The molecular formula is C23H28F3N3O. The lowest BCUT2D eigenvalue weighted by atomic mass is 9.98. The second kappa shape index (κ2) is 9.16. The van der Waals surface area contributed by atoms with Gasteiger partial charge in [-0.25, -0.2) is 4.98 Å². The molecule has 0 unspecified atom stereocenters. The Morgan fingerprint density at radius 1 is 1.00 bits per heavy atom. The topological polar surface area (TPSA) is 36.4 Å². The highest BCUT2D eigenvalue weighted by atomic mass is 19.4. The summed E-state index contributed by atoms with van der Waals surface area (Å²) in [5.41, 5.74) is 1.19. The highest BCUT2D eigenvalue weighted by Crippen LogP contribution is 2.29. The van der Waals surface area contributed by atoms with Gasteiger partial charge in [-0.05, 0) is 37.0 Å². The first-order valence-electron chi connectivity index (χ1n) is 10.3. The zero-order chi connectivity index (χ0) is 21.9. The van der Waals surface area contributed by atoms with Crippen LogP contribution in [0, 0.1) is 5.92 Å². The van der Waals surface area contributed by atoms with Gasteiger partial charge in [0, 0.05) is 37.9 Å². The van der Waals surface area contributed by atoms with Crippen LogP contribution in [0.15, 0.2) is 42.6 Å². The molecule has 0 spiro atoms. The van der Waals surface area contributed by atoms with Crippen LogP contribution >= 0.6 is 0 Å². The van der Waals surface area contributed by atoms with Gasteiger partial charge in [0.05, 0.1) is 11.6 Å². The molecule has 0 amide bonds. The van der Waals surface area contributed by atoms with Crippen molar-refractivity contribution in [3.63, 3.8) is 0 Å². The average molecular weight is 419 g/mol. The number of hydrogen-bond acceptors (Lipinski definition) is 4. The van der Waals surface area contributed by atoms with Gasteiger partial charge in [-0.3, -0.25) is 9.69 Å². The number of carbonyl (C=O) groups excluding carboxylic acids is 1. The molecule has 30 heavy (non-hydrogen) atoms. The molecule has 162 valence electrons. The molecule has 1 atom stereocenters. The van der Waals surface area contributed by atoms with Crippen molar-refractivity contribution in [2.45, 2.75) is 39.4 Å². The maximum atomic E-state index is 12.9. The molecule has 1 saturated heterocycles. The van der Waals surface area contributed by atoms with Crippen molar-refractivity contribution in [1.82, 2.24) is 9.88 Å². The third-order valence-corrected chi connectivity index (χ3v) is 5.52.